The highest BCUT2D eigenvalue weighted by atomic mass is 79.9. The van der Waals surface area contributed by atoms with Crippen molar-refractivity contribution < 1.29 is 42.9 Å². The van der Waals surface area contributed by atoms with Crippen LogP contribution >= 0.6 is 15.9 Å². The molecule has 0 aliphatic carbocycles. The average molecular weight is 397 g/mol. The van der Waals surface area contributed by atoms with E-state index >= 15 is 0 Å². The van der Waals surface area contributed by atoms with Crippen molar-refractivity contribution in [2.75, 3.05) is 7.11 Å². The van der Waals surface area contributed by atoms with Crippen LogP contribution in [0.4, 0.5) is 0 Å². The molecule has 1 heterocycles. The van der Waals surface area contributed by atoms with Crippen LogP contribution in [0.25, 0.3) is 0 Å². The Hall–Kier alpha value is -1.68. The fraction of sp³-hybridized carbons (Fsp3) is 0.692. The smallest absolute Gasteiger partial charge is 0.339 e. The number of rotatable bonds is 4. The van der Waals surface area contributed by atoms with Gasteiger partial charge in [0, 0.05) is 20.8 Å². The predicted molar refractivity (Wildman–Crippen MR) is 76.3 cm³/mol. The highest BCUT2D eigenvalue weighted by molar-refractivity contribution is 9.09. The second-order valence-electron chi connectivity index (χ2n) is 4.65. The van der Waals surface area contributed by atoms with Gasteiger partial charge in [-0.1, -0.05) is 15.9 Å². The molecule has 23 heavy (non-hydrogen) atoms. The summed E-state index contributed by atoms with van der Waals surface area (Å²) in [6.07, 6.45) is -5.06. The molecule has 5 atom stereocenters. The summed E-state index contributed by atoms with van der Waals surface area (Å²) >= 11 is 3.11. The summed E-state index contributed by atoms with van der Waals surface area (Å²) in [4.78, 5) is 45.8. The van der Waals surface area contributed by atoms with Crippen molar-refractivity contribution in [3.63, 3.8) is 0 Å². The molecule has 1 saturated heterocycles. The Balaban J connectivity index is 3.21. The number of ether oxygens (including phenoxy) is 5. The van der Waals surface area contributed by atoms with Crippen molar-refractivity contribution in [1.82, 2.24) is 0 Å². The molecule has 1 aliphatic rings. The Bertz CT molecular complexity index is 492. The number of methoxy groups -OCH3 is 1. The molecule has 1 fully saturated rings. The average Bonchev–Trinajstić information content (AvgIpc) is 2.43. The Kier molecular flexibility index (Phi) is 6.95. The molecule has 0 amide bonds. The van der Waals surface area contributed by atoms with Gasteiger partial charge in [-0.2, -0.15) is 0 Å². The maximum Gasteiger partial charge on any atom is 0.339 e. The first kappa shape index (κ1) is 19.4. The highest BCUT2D eigenvalue weighted by Crippen LogP contribution is 2.31. The van der Waals surface area contributed by atoms with E-state index in [2.05, 4.69) is 20.7 Å². The maximum atomic E-state index is 11.9. The van der Waals surface area contributed by atoms with Crippen LogP contribution in [0.2, 0.25) is 0 Å². The molecule has 10 heteroatoms. The van der Waals surface area contributed by atoms with Gasteiger partial charge in [0.05, 0.1) is 7.11 Å². The molecule has 0 bridgehead atoms. The van der Waals surface area contributed by atoms with Gasteiger partial charge in [0.15, 0.2) is 29.4 Å². The van der Waals surface area contributed by atoms with E-state index in [0.717, 1.165) is 27.9 Å². The van der Waals surface area contributed by atoms with Gasteiger partial charge in [-0.3, -0.25) is 14.4 Å². The van der Waals surface area contributed by atoms with Gasteiger partial charge in [-0.05, 0) is 0 Å². The quantitative estimate of drug-likeness (QED) is 0.369. The van der Waals surface area contributed by atoms with E-state index in [9.17, 15) is 19.2 Å². The van der Waals surface area contributed by atoms with Gasteiger partial charge in [0.25, 0.3) is 0 Å². The lowest BCUT2D eigenvalue weighted by molar-refractivity contribution is -0.234. The van der Waals surface area contributed by atoms with Gasteiger partial charge in [0.1, 0.15) is 0 Å². The van der Waals surface area contributed by atoms with Gasteiger partial charge < -0.3 is 23.7 Å². The molecule has 130 valence electrons. The van der Waals surface area contributed by atoms with Gasteiger partial charge in [-0.15, -0.1) is 0 Å². The maximum absolute atomic E-state index is 11.9. The molecule has 0 saturated carbocycles. The van der Waals surface area contributed by atoms with Gasteiger partial charge in [0.2, 0.25) is 0 Å². The predicted octanol–water partition coefficient (Wildman–Crippen LogP) is 0.0743. The van der Waals surface area contributed by atoms with E-state index in [-0.39, 0.29) is 0 Å². The van der Waals surface area contributed by atoms with Crippen LogP contribution in [0, 0.1) is 0 Å². The number of halogens is 1. The molecule has 0 aromatic heterocycles. The van der Waals surface area contributed by atoms with E-state index < -0.39 is 53.3 Å². The van der Waals surface area contributed by atoms with E-state index in [1.807, 2.05) is 0 Å². The fourth-order valence-electron chi connectivity index (χ4n) is 2.07. The highest BCUT2D eigenvalue weighted by Gasteiger charge is 2.53. The van der Waals surface area contributed by atoms with Crippen molar-refractivity contribution in [2.24, 2.45) is 0 Å². The SMILES string of the molecule is COC(=O)[C@@H]1O[C@H](Br)[C@H](OC(C)=O)[C@@H](OC(C)=O)[C@@H]1OC(C)=O. The number of carbonyl (C=O) groups is 4. The Labute approximate surface area is 140 Å². The van der Waals surface area contributed by atoms with Crippen LogP contribution in [-0.4, -0.2) is 60.4 Å². The van der Waals surface area contributed by atoms with Crippen LogP contribution in [0.15, 0.2) is 0 Å². The summed E-state index contributed by atoms with van der Waals surface area (Å²) in [5.74, 6) is -2.95. The molecule has 0 aromatic rings. The third-order valence-corrected chi connectivity index (χ3v) is 3.56. The van der Waals surface area contributed by atoms with Crippen LogP contribution < -0.4 is 0 Å². The van der Waals surface area contributed by atoms with Crippen molar-refractivity contribution >= 4 is 39.8 Å². The number of alkyl halides is 1. The summed E-state index contributed by atoms with van der Waals surface area (Å²) in [7, 11) is 1.12. The summed E-state index contributed by atoms with van der Waals surface area (Å²) in [5.41, 5.74) is 0. The number of esters is 4. The van der Waals surface area contributed by atoms with Crippen LogP contribution in [0.3, 0.4) is 0 Å². The Morgan fingerprint density at radius 1 is 0.826 bits per heavy atom. The number of hydrogen-bond acceptors (Lipinski definition) is 9. The summed E-state index contributed by atoms with van der Waals surface area (Å²) in [5, 5.41) is -0.980. The van der Waals surface area contributed by atoms with Gasteiger partial charge in [-0.25, -0.2) is 4.79 Å². The zero-order valence-electron chi connectivity index (χ0n) is 12.9. The molecule has 0 N–H and O–H groups in total. The summed E-state index contributed by atoms with van der Waals surface area (Å²) < 4.78 is 25.2. The molecule has 1 aliphatic heterocycles. The monoisotopic (exact) mass is 396 g/mol. The Morgan fingerprint density at radius 3 is 1.70 bits per heavy atom. The lowest BCUT2D eigenvalue weighted by Gasteiger charge is -2.41. The minimum Gasteiger partial charge on any atom is -0.467 e. The van der Waals surface area contributed by atoms with E-state index in [4.69, 9.17) is 18.9 Å². The third-order valence-electron chi connectivity index (χ3n) is 2.82. The van der Waals surface area contributed by atoms with E-state index in [1.54, 1.807) is 0 Å². The summed E-state index contributed by atoms with van der Waals surface area (Å²) in [6, 6.07) is 0. The minimum atomic E-state index is -1.36. The van der Waals surface area contributed by atoms with Crippen molar-refractivity contribution in [3.8, 4) is 0 Å². The van der Waals surface area contributed by atoms with Crippen molar-refractivity contribution in [3.05, 3.63) is 0 Å². The minimum absolute atomic E-state index is 0.668. The largest absolute Gasteiger partial charge is 0.467 e. The lowest BCUT2D eigenvalue weighted by atomic mass is 9.99. The van der Waals surface area contributed by atoms with E-state index in [0.29, 0.717) is 0 Å². The fourth-order valence-corrected chi connectivity index (χ4v) is 2.71. The molecule has 0 aromatic carbocycles. The molecule has 0 unspecified atom stereocenters. The standard InChI is InChI=1S/C13H17BrO9/c1-5(15)20-8-9(21-6(2)16)11(13(18)19-4)23-12(14)10(8)22-7(3)17/h8-12H,1-4H3/t8-,9-,10+,11+,12-/m0/s1. The van der Waals surface area contributed by atoms with Gasteiger partial charge >= 0.3 is 23.9 Å². The first-order valence-corrected chi connectivity index (χ1v) is 7.48. The number of hydrogen-bond donors (Lipinski definition) is 0. The molecular formula is C13H17BrO9. The summed E-state index contributed by atoms with van der Waals surface area (Å²) in [6.45, 7) is 3.39. The second-order valence-corrected chi connectivity index (χ2v) is 5.56. The van der Waals surface area contributed by atoms with E-state index in [1.165, 1.54) is 0 Å². The van der Waals surface area contributed by atoms with Crippen LogP contribution in [-0.2, 0) is 42.9 Å². The first-order chi connectivity index (χ1) is 10.7. The Morgan fingerprint density at radius 2 is 1.26 bits per heavy atom. The van der Waals surface area contributed by atoms with Crippen molar-refractivity contribution in [2.45, 2.75) is 50.2 Å². The van der Waals surface area contributed by atoms with Crippen LogP contribution in [0.1, 0.15) is 20.8 Å². The normalized spacial score (nSPS) is 30.0. The molecule has 1 rings (SSSR count). The number of carbonyl (C=O) groups excluding carboxylic acids is 4. The topological polar surface area (TPSA) is 114 Å². The zero-order chi connectivity index (χ0) is 17.7. The molecule has 9 nitrogen and oxygen atoms in total. The molecule has 0 spiro atoms. The third kappa shape index (κ3) is 5.17. The second kappa shape index (κ2) is 8.25. The molecular weight excluding hydrogens is 380 g/mol. The lowest BCUT2D eigenvalue weighted by Crippen LogP contribution is -2.61. The zero-order valence-corrected chi connectivity index (χ0v) is 14.5. The van der Waals surface area contributed by atoms with Crippen LogP contribution in [0.5, 0.6) is 0 Å². The molecule has 0 radical (unpaired) electrons. The van der Waals surface area contributed by atoms with Crippen molar-refractivity contribution in [1.29, 1.82) is 0 Å². The first-order valence-electron chi connectivity index (χ1n) is 6.56.